The van der Waals surface area contributed by atoms with E-state index in [4.69, 9.17) is 4.74 Å². The van der Waals surface area contributed by atoms with Gasteiger partial charge in [0.1, 0.15) is 0 Å². The van der Waals surface area contributed by atoms with Gasteiger partial charge in [-0.3, -0.25) is 0 Å². The molecule has 0 N–H and O–H groups in total. The summed E-state index contributed by atoms with van der Waals surface area (Å²) in [5, 5.41) is 0. The molecule has 0 saturated carbocycles. The summed E-state index contributed by atoms with van der Waals surface area (Å²) in [7, 11) is 0. The van der Waals surface area contributed by atoms with Crippen LogP contribution in [-0.2, 0) is 0 Å². The fraction of sp³-hybridized carbons (Fsp3) is 0.417. The topological polar surface area (TPSA) is 18.5 Å². The van der Waals surface area contributed by atoms with E-state index >= 15 is 0 Å². The van der Waals surface area contributed by atoms with Crippen LogP contribution in [0.1, 0.15) is 26.3 Å². The normalized spacial score (nSPS) is 11.7. The number of para-hydroxylation sites is 1. The van der Waals surface area contributed by atoms with Crippen molar-refractivity contribution in [2.45, 2.75) is 27.1 Å². The molecule has 0 aromatic heterocycles. The quantitative estimate of drug-likeness (QED) is 0.802. The third-order valence-electron chi connectivity index (χ3n) is 2.03. The highest BCUT2D eigenvalue weighted by Gasteiger charge is 2.33. The highest BCUT2D eigenvalue weighted by molar-refractivity contribution is 5.51. The zero-order valence-electron chi connectivity index (χ0n) is 9.89. The summed E-state index contributed by atoms with van der Waals surface area (Å²) in [5.74, 6) is 0.687. The van der Waals surface area contributed by atoms with E-state index in [1.807, 2.05) is 0 Å². The van der Waals surface area contributed by atoms with Crippen molar-refractivity contribution < 1.29 is 22.6 Å². The Morgan fingerprint density at radius 3 is 2.35 bits per heavy atom. The Balaban J connectivity index is 3.15. The molecule has 0 aliphatic carbocycles. The number of ether oxygens (including phenoxy) is 2. The molecule has 95 valence electrons. The van der Waals surface area contributed by atoms with E-state index in [2.05, 4.69) is 4.74 Å². The van der Waals surface area contributed by atoms with E-state index in [0.29, 0.717) is 5.56 Å². The van der Waals surface area contributed by atoms with Gasteiger partial charge in [0.05, 0.1) is 6.61 Å². The minimum absolute atomic E-state index is 0.132. The number of benzene rings is 1. The van der Waals surface area contributed by atoms with Crippen LogP contribution < -0.4 is 9.47 Å². The minimum atomic E-state index is -4.72. The molecule has 0 heterocycles. The summed E-state index contributed by atoms with van der Waals surface area (Å²) < 4.78 is 45.8. The smallest absolute Gasteiger partial charge is 0.490 e. The molecule has 0 spiro atoms. The molecular weight excluding hydrogens is 233 g/mol. The Hall–Kier alpha value is -1.39. The Labute approximate surface area is 98.3 Å². The maximum atomic E-state index is 12.2. The van der Waals surface area contributed by atoms with Crippen LogP contribution >= 0.6 is 0 Å². The van der Waals surface area contributed by atoms with Crippen molar-refractivity contribution in [3.63, 3.8) is 0 Å². The molecular formula is C12H14F3O2. The standard InChI is InChI=1S/C12H14F3O2/c1-4-16-11-9(8(2)3)6-5-7-10(11)17-12(13,14)15/h5-7H,4H2,1-3H3. The third kappa shape index (κ3) is 3.84. The molecule has 1 aromatic rings. The van der Waals surface area contributed by atoms with Gasteiger partial charge in [0, 0.05) is 11.5 Å². The lowest BCUT2D eigenvalue weighted by atomic mass is 10.0. The van der Waals surface area contributed by atoms with E-state index in [1.165, 1.54) is 12.1 Å². The number of hydrogen-bond acceptors (Lipinski definition) is 2. The highest BCUT2D eigenvalue weighted by Crippen LogP contribution is 2.37. The first-order chi connectivity index (χ1) is 7.85. The van der Waals surface area contributed by atoms with Crippen LogP contribution in [0.15, 0.2) is 18.2 Å². The average molecular weight is 247 g/mol. The molecule has 2 nitrogen and oxygen atoms in total. The lowest BCUT2D eigenvalue weighted by Crippen LogP contribution is -2.18. The van der Waals surface area contributed by atoms with Crippen LogP contribution in [0.4, 0.5) is 13.2 Å². The van der Waals surface area contributed by atoms with Crippen molar-refractivity contribution in [2.24, 2.45) is 0 Å². The maximum absolute atomic E-state index is 12.2. The van der Waals surface area contributed by atoms with E-state index in [0.717, 1.165) is 5.92 Å². The molecule has 1 rings (SSSR count). The Bertz CT molecular complexity index is 373. The van der Waals surface area contributed by atoms with Crippen LogP contribution in [0.25, 0.3) is 0 Å². The zero-order valence-corrected chi connectivity index (χ0v) is 9.89. The number of alkyl halides is 3. The van der Waals surface area contributed by atoms with Crippen molar-refractivity contribution in [1.29, 1.82) is 0 Å². The lowest BCUT2D eigenvalue weighted by Gasteiger charge is -2.18. The molecule has 1 radical (unpaired) electrons. The minimum Gasteiger partial charge on any atom is -0.490 e. The first kappa shape index (κ1) is 13.7. The van der Waals surface area contributed by atoms with Crippen LogP contribution in [0.3, 0.4) is 0 Å². The van der Waals surface area contributed by atoms with Gasteiger partial charge in [-0.15, -0.1) is 13.2 Å². The van der Waals surface area contributed by atoms with Gasteiger partial charge < -0.3 is 9.47 Å². The summed E-state index contributed by atoms with van der Waals surface area (Å²) in [6, 6.07) is 4.44. The van der Waals surface area contributed by atoms with Crippen LogP contribution in [-0.4, -0.2) is 13.0 Å². The molecule has 1 aromatic carbocycles. The van der Waals surface area contributed by atoms with Crippen LogP contribution in [0.5, 0.6) is 11.5 Å². The SMILES string of the molecule is CCOc1c(OC(F)(F)F)cccc1[C](C)C. The summed E-state index contributed by atoms with van der Waals surface area (Å²) in [4.78, 5) is 0. The van der Waals surface area contributed by atoms with Gasteiger partial charge in [-0.25, -0.2) is 0 Å². The van der Waals surface area contributed by atoms with Crippen molar-refractivity contribution >= 4 is 0 Å². The Morgan fingerprint density at radius 1 is 1.24 bits per heavy atom. The van der Waals surface area contributed by atoms with E-state index in [9.17, 15) is 13.2 Å². The Kier molecular flexibility index (Phi) is 4.26. The molecule has 0 amide bonds. The fourth-order valence-electron chi connectivity index (χ4n) is 1.41. The molecule has 0 saturated heterocycles. The number of halogens is 3. The third-order valence-corrected chi connectivity index (χ3v) is 2.03. The summed E-state index contributed by atoms with van der Waals surface area (Å²) >= 11 is 0. The van der Waals surface area contributed by atoms with Crippen LogP contribution in [0.2, 0.25) is 0 Å². The molecule has 0 bridgehead atoms. The van der Waals surface area contributed by atoms with Gasteiger partial charge >= 0.3 is 6.36 Å². The summed E-state index contributed by atoms with van der Waals surface area (Å²) in [5.41, 5.74) is 0.619. The highest BCUT2D eigenvalue weighted by atomic mass is 19.4. The largest absolute Gasteiger partial charge is 0.573 e. The van der Waals surface area contributed by atoms with Crippen molar-refractivity contribution in [3.8, 4) is 11.5 Å². The second-order valence-electron chi connectivity index (χ2n) is 3.61. The van der Waals surface area contributed by atoms with Crippen molar-refractivity contribution in [3.05, 3.63) is 29.7 Å². The van der Waals surface area contributed by atoms with E-state index < -0.39 is 6.36 Å². The lowest BCUT2D eigenvalue weighted by molar-refractivity contribution is -0.275. The van der Waals surface area contributed by atoms with E-state index in [-0.39, 0.29) is 18.1 Å². The zero-order chi connectivity index (χ0) is 13.1. The second kappa shape index (κ2) is 5.29. The molecule has 0 fully saturated rings. The predicted octanol–water partition coefficient (Wildman–Crippen LogP) is 3.95. The van der Waals surface area contributed by atoms with Gasteiger partial charge in [-0.1, -0.05) is 26.0 Å². The van der Waals surface area contributed by atoms with Gasteiger partial charge in [0.25, 0.3) is 0 Å². The van der Waals surface area contributed by atoms with Gasteiger partial charge in [-0.05, 0) is 13.0 Å². The predicted molar refractivity (Wildman–Crippen MR) is 58.0 cm³/mol. The molecule has 17 heavy (non-hydrogen) atoms. The fourth-order valence-corrected chi connectivity index (χ4v) is 1.41. The second-order valence-corrected chi connectivity index (χ2v) is 3.61. The Morgan fingerprint density at radius 2 is 1.88 bits per heavy atom. The molecule has 0 unspecified atom stereocenters. The average Bonchev–Trinajstić information content (AvgIpc) is 2.18. The van der Waals surface area contributed by atoms with Crippen LogP contribution in [0, 0.1) is 5.92 Å². The van der Waals surface area contributed by atoms with Gasteiger partial charge in [-0.2, -0.15) is 0 Å². The number of hydrogen-bond donors (Lipinski definition) is 0. The summed E-state index contributed by atoms with van der Waals surface area (Å²) in [6.07, 6.45) is -4.72. The van der Waals surface area contributed by atoms with Gasteiger partial charge in [0.2, 0.25) is 0 Å². The molecule has 0 aliphatic heterocycles. The molecule has 0 aliphatic rings. The first-order valence-electron chi connectivity index (χ1n) is 5.17. The first-order valence-corrected chi connectivity index (χ1v) is 5.17. The van der Waals surface area contributed by atoms with Crippen molar-refractivity contribution in [1.82, 2.24) is 0 Å². The summed E-state index contributed by atoms with van der Waals surface area (Å²) in [6.45, 7) is 5.59. The monoisotopic (exact) mass is 247 g/mol. The molecule has 5 heteroatoms. The maximum Gasteiger partial charge on any atom is 0.573 e. The van der Waals surface area contributed by atoms with Crippen molar-refractivity contribution in [2.75, 3.05) is 6.61 Å². The number of rotatable bonds is 4. The van der Waals surface area contributed by atoms with Gasteiger partial charge in [0.15, 0.2) is 11.5 Å². The van der Waals surface area contributed by atoms with E-state index in [1.54, 1.807) is 26.8 Å². The molecule has 0 atom stereocenters.